The van der Waals surface area contributed by atoms with Gasteiger partial charge in [0.15, 0.2) is 0 Å². The highest BCUT2D eigenvalue weighted by Crippen LogP contribution is 2.19. The van der Waals surface area contributed by atoms with Crippen LogP contribution in [0.2, 0.25) is 0 Å². The van der Waals surface area contributed by atoms with Crippen molar-refractivity contribution in [3.8, 4) is 0 Å². The summed E-state index contributed by atoms with van der Waals surface area (Å²) < 4.78 is 30.8. The van der Waals surface area contributed by atoms with Crippen LogP contribution < -0.4 is 9.44 Å². The SMILES string of the molecule is CCOC(=O)NS(=O)(=O)NCC(C)(CC)C(=O)O. The van der Waals surface area contributed by atoms with Gasteiger partial charge in [-0.2, -0.15) is 13.1 Å². The topological polar surface area (TPSA) is 122 Å². The molecule has 0 saturated heterocycles. The zero-order valence-electron chi connectivity index (χ0n) is 10.5. The third kappa shape index (κ3) is 5.32. The summed E-state index contributed by atoms with van der Waals surface area (Å²) in [5.74, 6) is -1.12. The van der Waals surface area contributed by atoms with Crippen LogP contribution in [-0.4, -0.2) is 38.7 Å². The Morgan fingerprint density at radius 2 is 1.89 bits per heavy atom. The van der Waals surface area contributed by atoms with Crippen molar-refractivity contribution in [3.63, 3.8) is 0 Å². The maximum atomic E-state index is 11.4. The van der Waals surface area contributed by atoms with E-state index in [2.05, 4.69) is 4.74 Å². The number of carbonyl (C=O) groups is 2. The number of carboxylic acid groups (broad SMARTS) is 1. The van der Waals surface area contributed by atoms with E-state index in [1.165, 1.54) is 13.8 Å². The van der Waals surface area contributed by atoms with Crippen LogP contribution in [0.15, 0.2) is 0 Å². The first-order valence-electron chi connectivity index (χ1n) is 5.34. The van der Waals surface area contributed by atoms with E-state index < -0.39 is 27.7 Å². The van der Waals surface area contributed by atoms with Gasteiger partial charge in [-0.05, 0) is 20.3 Å². The standard InChI is InChI=1S/C9H18N2O6S/c1-4-9(3,7(12)13)6-10-18(15,16)11-8(14)17-5-2/h10H,4-6H2,1-3H3,(H,11,14)(H,12,13). The van der Waals surface area contributed by atoms with Gasteiger partial charge in [-0.15, -0.1) is 0 Å². The Bertz CT molecular complexity index is 407. The number of rotatable bonds is 7. The second-order valence-electron chi connectivity index (χ2n) is 3.87. The molecule has 0 radical (unpaired) electrons. The smallest absolute Gasteiger partial charge is 0.421 e. The Morgan fingerprint density at radius 3 is 2.28 bits per heavy atom. The molecule has 0 saturated carbocycles. The predicted octanol–water partition coefficient (Wildman–Crippen LogP) is 0.0678. The summed E-state index contributed by atoms with van der Waals surface area (Å²) in [4.78, 5) is 21.9. The normalized spacial score (nSPS) is 14.6. The van der Waals surface area contributed by atoms with Gasteiger partial charge in [-0.1, -0.05) is 6.92 Å². The summed E-state index contributed by atoms with van der Waals surface area (Å²) in [6.07, 6.45) is -0.872. The van der Waals surface area contributed by atoms with E-state index in [0.717, 1.165) is 0 Å². The van der Waals surface area contributed by atoms with E-state index in [-0.39, 0.29) is 19.6 Å². The summed E-state index contributed by atoms with van der Waals surface area (Å²) in [5, 5.41) is 8.95. The first-order chi connectivity index (χ1) is 8.17. The molecule has 106 valence electrons. The highest BCUT2D eigenvalue weighted by atomic mass is 32.2. The van der Waals surface area contributed by atoms with Crippen LogP contribution >= 0.6 is 0 Å². The average Bonchev–Trinajstić information content (AvgIpc) is 2.25. The van der Waals surface area contributed by atoms with E-state index in [4.69, 9.17) is 5.11 Å². The van der Waals surface area contributed by atoms with Crippen LogP contribution in [0.1, 0.15) is 27.2 Å². The average molecular weight is 282 g/mol. The molecule has 1 atom stereocenters. The van der Waals surface area contributed by atoms with Crippen LogP contribution in [0.3, 0.4) is 0 Å². The fourth-order valence-electron chi connectivity index (χ4n) is 0.912. The van der Waals surface area contributed by atoms with Crippen molar-refractivity contribution in [3.05, 3.63) is 0 Å². The summed E-state index contributed by atoms with van der Waals surface area (Å²) in [6.45, 7) is 4.26. The molecule has 0 fully saturated rings. The Labute approximate surface area is 106 Å². The fraction of sp³-hybridized carbons (Fsp3) is 0.778. The molecule has 1 amide bonds. The van der Waals surface area contributed by atoms with Crippen molar-refractivity contribution in [2.24, 2.45) is 5.41 Å². The van der Waals surface area contributed by atoms with E-state index in [1.54, 1.807) is 11.6 Å². The Kier molecular flexibility index (Phi) is 6.06. The third-order valence-corrected chi connectivity index (χ3v) is 3.40. The Balaban J connectivity index is 4.52. The fourth-order valence-corrected chi connectivity index (χ4v) is 1.77. The van der Waals surface area contributed by atoms with Crippen LogP contribution in [0.5, 0.6) is 0 Å². The van der Waals surface area contributed by atoms with Crippen LogP contribution in [0.25, 0.3) is 0 Å². The van der Waals surface area contributed by atoms with Gasteiger partial charge in [0, 0.05) is 6.54 Å². The predicted molar refractivity (Wildman–Crippen MR) is 63.1 cm³/mol. The molecule has 0 aromatic rings. The van der Waals surface area contributed by atoms with Gasteiger partial charge in [0.2, 0.25) is 0 Å². The van der Waals surface area contributed by atoms with Gasteiger partial charge in [0.25, 0.3) is 0 Å². The van der Waals surface area contributed by atoms with Gasteiger partial charge < -0.3 is 9.84 Å². The van der Waals surface area contributed by atoms with Crippen molar-refractivity contribution >= 4 is 22.3 Å². The number of aliphatic carboxylic acids is 1. The molecular formula is C9H18N2O6S. The number of carbonyl (C=O) groups excluding carboxylic acids is 1. The second-order valence-corrected chi connectivity index (χ2v) is 5.37. The van der Waals surface area contributed by atoms with Crippen molar-refractivity contribution in [1.82, 2.24) is 9.44 Å². The lowest BCUT2D eigenvalue weighted by atomic mass is 9.88. The highest BCUT2D eigenvalue weighted by Gasteiger charge is 2.32. The molecule has 1 unspecified atom stereocenters. The van der Waals surface area contributed by atoms with Crippen LogP contribution in [0, 0.1) is 5.41 Å². The molecule has 3 N–H and O–H groups in total. The van der Waals surface area contributed by atoms with E-state index in [0.29, 0.717) is 0 Å². The van der Waals surface area contributed by atoms with Gasteiger partial charge in [-0.3, -0.25) is 4.79 Å². The zero-order valence-corrected chi connectivity index (χ0v) is 11.3. The van der Waals surface area contributed by atoms with Gasteiger partial charge in [0.1, 0.15) is 0 Å². The van der Waals surface area contributed by atoms with Crippen molar-refractivity contribution in [2.45, 2.75) is 27.2 Å². The highest BCUT2D eigenvalue weighted by molar-refractivity contribution is 7.88. The Morgan fingerprint density at radius 1 is 1.33 bits per heavy atom. The summed E-state index contributed by atoms with van der Waals surface area (Å²) in [7, 11) is -4.12. The molecule has 0 aromatic carbocycles. The molecule has 0 aliphatic heterocycles. The largest absolute Gasteiger partial charge is 0.481 e. The van der Waals surface area contributed by atoms with Crippen molar-refractivity contribution in [2.75, 3.05) is 13.2 Å². The van der Waals surface area contributed by atoms with Crippen molar-refractivity contribution < 1.29 is 27.9 Å². The van der Waals surface area contributed by atoms with Crippen molar-refractivity contribution in [1.29, 1.82) is 0 Å². The second kappa shape index (κ2) is 6.55. The third-order valence-electron chi connectivity index (χ3n) is 2.44. The number of amides is 1. The lowest BCUT2D eigenvalue weighted by molar-refractivity contribution is -0.147. The minimum atomic E-state index is -4.12. The molecule has 0 spiro atoms. The molecule has 9 heteroatoms. The maximum Gasteiger partial charge on any atom is 0.421 e. The minimum Gasteiger partial charge on any atom is -0.481 e. The zero-order chi connectivity index (χ0) is 14.4. The quantitative estimate of drug-likeness (QED) is 0.607. The van der Waals surface area contributed by atoms with Crippen LogP contribution in [0.4, 0.5) is 4.79 Å². The first-order valence-corrected chi connectivity index (χ1v) is 6.82. The summed E-state index contributed by atoms with van der Waals surface area (Å²) in [6, 6.07) is 0. The molecule has 0 rings (SSSR count). The molecule has 0 bridgehead atoms. The maximum absolute atomic E-state index is 11.4. The molecule has 0 aliphatic rings. The lowest BCUT2D eigenvalue weighted by Crippen LogP contribution is -2.46. The summed E-state index contributed by atoms with van der Waals surface area (Å²) >= 11 is 0. The van der Waals surface area contributed by atoms with Gasteiger partial charge in [0.05, 0.1) is 12.0 Å². The van der Waals surface area contributed by atoms with Gasteiger partial charge in [-0.25, -0.2) is 9.52 Å². The number of nitrogens with one attached hydrogen (secondary N) is 2. The number of hydrogen-bond acceptors (Lipinski definition) is 5. The Hall–Kier alpha value is -1.35. The molecule has 0 aliphatic carbocycles. The van der Waals surface area contributed by atoms with Crippen LogP contribution in [-0.2, 0) is 19.7 Å². The molecule has 18 heavy (non-hydrogen) atoms. The molecular weight excluding hydrogens is 264 g/mol. The minimum absolute atomic E-state index is 0.0309. The number of hydrogen-bond donors (Lipinski definition) is 3. The van der Waals surface area contributed by atoms with E-state index in [9.17, 15) is 18.0 Å². The monoisotopic (exact) mass is 282 g/mol. The summed E-state index contributed by atoms with van der Waals surface area (Å²) in [5.41, 5.74) is -1.23. The molecule has 0 aromatic heterocycles. The van der Waals surface area contributed by atoms with Gasteiger partial charge >= 0.3 is 22.3 Å². The van der Waals surface area contributed by atoms with E-state index in [1.807, 2.05) is 4.72 Å². The van der Waals surface area contributed by atoms with E-state index >= 15 is 0 Å². The lowest BCUT2D eigenvalue weighted by Gasteiger charge is -2.22. The number of carboxylic acids is 1. The molecule has 0 heterocycles. The molecule has 8 nitrogen and oxygen atoms in total. The number of ether oxygens (including phenoxy) is 1. The first kappa shape index (κ1) is 16.6.